The van der Waals surface area contributed by atoms with Crippen molar-refractivity contribution < 1.29 is 4.79 Å². The highest BCUT2D eigenvalue weighted by molar-refractivity contribution is 6.67. The molecule has 0 bridgehead atoms. The highest BCUT2D eigenvalue weighted by Gasteiger charge is 2.11. The largest absolute Gasteiger partial charge is 0.274 e. The zero-order chi connectivity index (χ0) is 10.0. The molecular weight excluding hydrogens is 188 g/mol. The summed E-state index contributed by atoms with van der Waals surface area (Å²) in [5, 5.41) is 8.07. The van der Waals surface area contributed by atoms with Crippen molar-refractivity contribution in [3.8, 4) is 6.07 Å². The number of halogens is 1. The molecule has 1 heterocycles. The minimum Gasteiger partial charge on any atom is -0.274 e. The molecule has 0 aromatic carbocycles. The second-order valence-corrected chi connectivity index (χ2v) is 3.00. The molecule has 1 aromatic rings. The van der Waals surface area contributed by atoms with Crippen LogP contribution in [0.5, 0.6) is 0 Å². The molecule has 0 aliphatic rings. The summed E-state index contributed by atoms with van der Waals surface area (Å²) in [7, 11) is 0. The lowest BCUT2D eigenvalue weighted by atomic mass is 10.1. The first-order valence-electron chi connectivity index (χ1n) is 3.64. The molecule has 66 valence electrons. The van der Waals surface area contributed by atoms with Gasteiger partial charge in [0.05, 0.1) is 5.56 Å². The zero-order valence-corrected chi connectivity index (χ0v) is 8.01. The van der Waals surface area contributed by atoms with E-state index in [-0.39, 0.29) is 5.69 Å². The first-order chi connectivity index (χ1) is 6.07. The molecule has 0 fully saturated rings. The van der Waals surface area contributed by atoms with E-state index in [0.29, 0.717) is 11.1 Å². The molecule has 13 heavy (non-hydrogen) atoms. The van der Waals surface area contributed by atoms with Crippen molar-refractivity contribution >= 4 is 16.8 Å². The van der Waals surface area contributed by atoms with Crippen LogP contribution in [0.4, 0.5) is 0 Å². The molecule has 0 saturated carbocycles. The lowest BCUT2D eigenvalue weighted by Crippen LogP contribution is -2.01. The topological polar surface area (TPSA) is 53.8 Å². The average Bonchev–Trinajstić information content (AvgIpc) is 2.09. The molecule has 0 radical (unpaired) electrons. The van der Waals surface area contributed by atoms with Crippen molar-refractivity contribution in [1.29, 1.82) is 5.26 Å². The molecule has 0 saturated heterocycles. The Hall–Kier alpha value is -1.40. The fourth-order valence-electron chi connectivity index (χ4n) is 1.01. The van der Waals surface area contributed by atoms with Crippen molar-refractivity contribution in [2.45, 2.75) is 13.8 Å². The summed E-state index contributed by atoms with van der Waals surface area (Å²) in [6, 6.07) is 1.99. The number of pyridine rings is 1. The Morgan fingerprint density at radius 2 is 2.15 bits per heavy atom. The van der Waals surface area contributed by atoms with Gasteiger partial charge in [0, 0.05) is 6.20 Å². The summed E-state index contributed by atoms with van der Waals surface area (Å²) in [6.45, 7) is 3.48. The van der Waals surface area contributed by atoms with Crippen molar-refractivity contribution in [3.05, 3.63) is 28.6 Å². The Balaban J connectivity index is 3.42. The normalized spacial score (nSPS) is 9.38. The first kappa shape index (κ1) is 9.69. The van der Waals surface area contributed by atoms with Crippen molar-refractivity contribution in [2.24, 2.45) is 0 Å². The van der Waals surface area contributed by atoms with Gasteiger partial charge in [-0.05, 0) is 36.6 Å². The van der Waals surface area contributed by atoms with Gasteiger partial charge in [-0.25, -0.2) is 0 Å². The van der Waals surface area contributed by atoms with E-state index in [1.807, 2.05) is 6.07 Å². The lowest BCUT2D eigenvalue weighted by Gasteiger charge is -2.04. The molecule has 0 unspecified atom stereocenters. The maximum atomic E-state index is 10.8. The highest BCUT2D eigenvalue weighted by Crippen LogP contribution is 2.15. The average molecular weight is 195 g/mol. The van der Waals surface area contributed by atoms with Gasteiger partial charge in [-0.2, -0.15) is 5.26 Å². The number of hydrogen-bond acceptors (Lipinski definition) is 3. The van der Waals surface area contributed by atoms with E-state index in [1.165, 1.54) is 6.20 Å². The summed E-state index contributed by atoms with van der Waals surface area (Å²) in [4.78, 5) is 14.6. The SMILES string of the molecule is Cc1c(C#N)cnc(C(=O)Cl)c1C. The quantitative estimate of drug-likeness (QED) is 0.642. The maximum absolute atomic E-state index is 10.8. The van der Waals surface area contributed by atoms with Gasteiger partial charge in [0.15, 0.2) is 0 Å². The molecule has 1 rings (SSSR count). The van der Waals surface area contributed by atoms with E-state index in [9.17, 15) is 4.79 Å². The fraction of sp³-hybridized carbons (Fsp3) is 0.222. The van der Waals surface area contributed by atoms with Gasteiger partial charge < -0.3 is 0 Å². The van der Waals surface area contributed by atoms with E-state index in [2.05, 4.69) is 4.98 Å². The van der Waals surface area contributed by atoms with Crippen LogP contribution in [0.25, 0.3) is 0 Å². The van der Waals surface area contributed by atoms with Gasteiger partial charge in [0.25, 0.3) is 5.24 Å². The fourth-order valence-corrected chi connectivity index (χ4v) is 1.20. The van der Waals surface area contributed by atoms with Crippen LogP contribution in [-0.2, 0) is 0 Å². The van der Waals surface area contributed by atoms with Gasteiger partial charge in [-0.15, -0.1) is 0 Å². The Bertz CT molecular complexity index is 407. The summed E-state index contributed by atoms with van der Waals surface area (Å²) >= 11 is 5.29. The first-order valence-corrected chi connectivity index (χ1v) is 4.02. The molecule has 3 nitrogen and oxygen atoms in total. The third kappa shape index (κ3) is 1.68. The summed E-state index contributed by atoms with van der Waals surface area (Å²) in [5.41, 5.74) is 2.11. The van der Waals surface area contributed by atoms with Crippen molar-refractivity contribution in [1.82, 2.24) is 4.98 Å². The third-order valence-corrected chi connectivity index (χ3v) is 2.13. The smallest absolute Gasteiger partial charge is 0.271 e. The summed E-state index contributed by atoms with van der Waals surface area (Å²) in [6.07, 6.45) is 1.36. The van der Waals surface area contributed by atoms with Crippen LogP contribution in [0, 0.1) is 25.2 Å². The van der Waals surface area contributed by atoms with Crippen LogP contribution in [-0.4, -0.2) is 10.2 Å². The van der Waals surface area contributed by atoms with Crippen LogP contribution in [0.15, 0.2) is 6.20 Å². The minimum absolute atomic E-state index is 0.221. The monoisotopic (exact) mass is 194 g/mol. The van der Waals surface area contributed by atoms with Crippen molar-refractivity contribution in [2.75, 3.05) is 0 Å². The maximum Gasteiger partial charge on any atom is 0.271 e. The van der Waals surface area contributed by atoms with Crippen molar-refractivity contribution in [3.63, 3.8) is 0 Å². The van der Waals surface area contributed by atoms with E-state index in [0.717, 1.165) is 5.56 Å². The molecule has 0 N–H and O–H groups in total. The second-order valence-electron chi connectivity index (χ2n) is 2.66. The minimum atomic E-state index is -0.593. The molecule has 0 aliphatic carbocycles. The number of carbonyl (C=O) groups is 1. The number of nitrogens with zero attached hydrogens (tertiary/aromatic N) is 2. The molecule has 0 atom stereocenters. The molecule has 0 spiro atoms. The number of aromatic nitrogens is 1. The number of carbonyl (C=O) groups excluding carboxylic acids is 1. The van der Waals surface area contributed by atoms with E-state index in [4.69, 9.17) is 16.9 Å². The summed E-state index contributed by atoms with van der Waals surface area (Å²) < 4.78 is 0. The van der Waals surface area contributed by atoms with Gasteiger partial charge in [-0.3, -0.25) is 9.78 Å². The van der Waals surface area contributed by atoms with Crippen LogP contribution >= 0.6 is 11.6 Å². The Kier molecular flexibility index (Phi) is 2.64. The zero-order valence-electron chi connectivity index (χ0n) is 7.26. The van der Waals surface area contributed by atoms with Crippen LogP contribution < -0.4 is 0 Å². The van der Waals surface area contributed by atoms with E-state index < -0.39 is 5.24 Å². The van der Waals surface area contributed by atoms with Crippen LogP contribution in [0.2, 0.25) is 0 Å². The standard InChI is InChI=1S/C9H7ClN2O/c1-5-6(2)8(9(10)13)12-4-7(5)3-11/h4H,1-2H3. The molecule has 0 aliphatic heterocycles. The number of hydrogen-bond donors (Lipinski definition) is 0. The Morgan fingerprint density at radius 3 is 2.62 bits per heavy atom. The lowest BCUT2D eigenvalue weighted by molar-refractivity contribution is 0.107. The Morgan fingerprint density at radius 1 is 1.54 bits per heavy atom. The Labute approximate surface area is 81.0 Å². The highest BCUT2D eigenvalue weighted by atomic mass is 35.5. The van der Waals surface area contributed by atoms with Gasteiger partial charge in [0.2, 0.25) is 0 Å². The predicted molar refractivity (Wildman–Crippen MR) is 48.6 cm³/mol. The van der Waals surface area contributed by atoms with Gasteiger partial charge >= 0.3 is 0 Å². The van der Waals surface area contributed by atoms with Crippen LogP contribution in [0.1, 0.15) is 27.2 Å². The molecule has 1 aromatic heterocycles. The molecule has 0 amide bonds. The second kappa shape index (κ2) is 3.55. The number of rotatable bonds is 1. The van der Waals surface area contributed by atoms with Gasteiger partial charge in [0.1, 0.15) is 11.8 Å². The third-order valence-electron chi connectivity index (χ3n) is 1.95. The summed E-state index contributed by atoms with van der Waals surface area (Å²) in [5.74, 6) is 0. The molecule has 4 heteroatoms. The van der Waals surface area contributed by atoms with Crippen LogP contribution in [0.3, 0.4) is 0 Å². The molecular formula is C9H7ClN2O. The number of nitriles is 1. The predicted octanol–water partition coefficient (Wildman–Crippen LogP) is 1.95. The van der Waals surface area contributed by atoms with E-state index >= 15 is 0 Å². The van der Waals surface area contributed by atoms with E-state index in [1.54, 1.807) is 13.8 Å². The van der Waals surface area contributed by atoms with Gasteiger partial charge in [-0.1, -0.05) is 0 Å².